The van der Waals surface area contributed by atoms with Crippen molar-refractivity contribution in [1.29, 1.82) is 0 Å². The highest BCUT2D eigenvalue weighted by Gasteiger charge is 2.38. The third kappa shape index (κ3) is 6.94. The summed E-state index contributed by atoms with van der Waals surface area (Å²) in [7, 11) is 0. The molecule has 0 spiro atoms. The smallest absolute Gasteiger partial charge is 0.315 e. The molecule has 40 heavy (non-hydrogen) atoms. The molecule has 0 radical (unpaired) electrons. The minimum absolute atomic E-state index is 0.183. The Bertz CT molecular complexity index is 1140. The van der Waals surface area contributed by atoms with Crippen LogP contribution in [0.15, 0.2) is 91.0 Å². The highest BCUT2D eigenvalue weighted by Crippen LogP contribution is 2.33. The van der Waals surface area contributed by atoms with Gasteiger partial charge in [0.2, 0.25) is 0 Å². The Morgan fingerprint density at radius 1 is 0.875 bits per heavy atom. The van der Waals surface area contributed by atoms with Gasteiger partial charge in [-0.15, -0.1) is 0 Å². The van der Waals surface area contributed by atoms with Crippen LogP contribution in [0.2, 0.25) is 0 Å². The molecule has 0 aromatic heterocycles. The molecule has 5 rings (SSSR count). The number of hydrogen-bond acceptors (Lipinski definition) is 3. The number of carbonyl (C=O) groups excluding carboxylic acids is 1. The molecule has 3 aromatic carbocycles. The predicted octanol–water partition coefficient (Wildman–Crippen LogP) is 6.44. The van der Waals surface area contributed by atoms with E-state index in [1.54, 1.807) is 0 Å². The molecule has 0 bridgehead atoms. The van der Waals surface area contributed by atoms with Crippen molar-refractivity contribution in [3.63, 3.8) is 0 Å². The summed E-state index contributed by atoms with van der Waals surface area (Å²) in [6.07, 6.45) is 8.18. The summed E-state index contributed by atoms with van der Waals surface area (Å²) in [4.78, 5) is 15.7. The lowest BCUT2D eigenvalue weighted by Gasteiger charge is -2.37. The number of nitrogens with zero attached hydrogens (tertiary/aromatic N) is 1. The Hall–Kier alpha value is -3.15. The van der Waals surface area contributed by atoms with Gasteiger partial charge >= 0.3 is 6.03 Å². The summed E-state index contributed by atoms with van der Waals surface area (Å²) in [5, 5.41) is 18.2. The number of piperidine rings is 1. The molecule has 3 aromatic rings. The molecule has 5 nitrogen and oxygen atoms in total. The number of likely N-dealkylation sites (tertiary alicyclic amines) is 1. The summed E-state index contributed by atoms with van der Waals surface area (Å²) in [6, 6.07) is 29.6. The van der Waals surface area contributed by atoms with Crippen molar-refractivity contribution >= 4 is 6.03 Å². The summed E-state index contributed by atoms with van der Waals surface area (Å²) in [5.74, 6) is 1.40. The molecule has 1 saturated carbocycles. The van der Waals surface area contributed by atoms with Crippen molar-refractivity contribution in [2.45, 2.75) is 75.5 Å². The van der Waals surface area contributed by atoms with Crippen molar-refractivity contribution < 1.29 is 9.90 Å². The molecule has 1 aliphatic carbocycles. The summed E-state index contributed by atoms with van der Waals surface area (Å²) >= 11 is 0. The van der Waals surface area contributed by atoms with E-state index in [0.29, 0.717) is 5.92 Å². The van der Waals surface area contributed by atoms with E-state index in [1.165, 1.54) is 44.5 Å². The monoisotopic (exact) mass is 539 g/mol. The second kappa shape index (κ2) is 13.5. The van der Waals surface area contributed by atoms with Crippen LogP contribution in [0, 0.1) is 5.92 Å². The van der Waals surface area contributed by atoms with E-state index in [9.17, 15) is 9.90 Å². The molecule has 2 amide bonds. The van der Waals surface area contributed by atoms with Gasteiger partial charge in [-0.3, -0.25) is 0 Å². The number of rotatable bonds is 9. The first-order chi connectivity index (χ1) is 19.5. The lowest BCUT2D eigenvalue weighted by Crippen LogP contribution is -2.54. The minimum atomic E-state index is -1.33. The lowest BCUT2D eigenvalue weighted by molar-refractivity contribution is 0.0470. The van der Waals surface area contributed by atoms with Crippen LogP contribution >= 0.6 is 0 Å². The van der Waals surface area contributed by atoms with Crippen molar-refractivity contribution in [1.82, 2.24) is 15.5 Å². The maximum atomic E-state index is 13.1. The molecule has 2 atom stereocenters. The predicted molar refractivity (Wildman–Crippen MR) is 162 cm³/mol. The maximum Gasteiger partial charge on any atom is 0.315 e. The SMILES string of the molecule is C[C@H](NC(=O)N[C@H]1CC[C@H](CCN2CCCC(c3ccccc3)C2)CC1)C(O)(c1ccccc1)c1ccccc1. The minimum Gasteiger partial charge on any atom is -0.378 e. The van der Waals surface area contributed by atoms with Crippen LogP contribution in [0.5, 0.6) is 0 Å². The van der Waals surface area contributed by atoms with Crippen molar-refractivity contribution in [2.24, 2.45) is 5.92 Å². The summed E-state index contributed by atoms with van der Waals surface area (Å²) < 4.78 is 0. The zero-order chi connectivity index (χ0) is 27.8. The van der Waals surface area contributed by atoms with Crippen LogP contribution in [0.25, 0.3) is 0 Å². The van der Waals surface area contributed by atoms with Crippen LogP contribution in [0.4, 0.5) is 4.79 Å². The average molecular weight is 540 g/mol. The van der Waals surface area contributed by atoms with E-state index in [0.717, 1.165) is 42.7 Å². The van der Waals surface area contributed by atoms with E-state index in [4.69, 9.17) is 0 Å². The first-order valence-corrected chi connectivity index (χ1v) is 15.2. The molecule has 2 fully saturated rings. The van der Waals surface area contributed by atoms with Gasteiger partial charge in [0.05, 0.1) is 6.04 Å². The molecule has 1 unspecified atom stereocenters. The van der Waals surface area contributed by atoms with E-state index >= 15 is 0 Å². The Balaban J connectivity index is 1.08. The highest BCUT2D eigenvalue weighted by atomic mass is 16.3. The molecule has 3 N–H and O–H groups in total. The van der Waals surface area contributed by atoms with Gasteiger partial charge in [-0.1, -0.05) is 91.0 Å². The number of benzene rings is 3. The molecule has 212 valence electrons. The second-order valence-corrected chi connectivity index (χ2v) is 11.9. The summed E-state index contributed by atoms with van der Waals surface area (Å²) in [6.45, 7) is 5.45. The number of aliphatic hydroxyl groups is 1. The van der Waals surface area contributed by atoms with Gasteiger partial charge in [-0.05, 0) is 93.5 Å². The van der Waals surface area contributed by atoms with Gasteiger partial charge < -0.3 is 20.6 Å². The van der Waals surface area contributed by atoms with Crippen molar-refractivity contribution in [3.8, 4) is 0 Å². The third-order valence-electron chi connectivity index (χ3n) is 9.21. The van der Waals surface area contributed by atoms with Crippen LogP contribution in [0.1, 0.15) is 74.5 Å². The number of nitrogens with one attached hydrogen (secondary N) is 2. The fourth-order valence-corrected chi connectivity index (χ4v) is 6.80. The van der Waals surface area contributed by atoms with Crippen LogP contribution in [0.3, 0.4) is 0 Å². The Morgan fingerprint density at radius 3 is 2.05 bits per heavy atom. The van der Waals surface area contributed by atoms with Crippen molar-refractivity contribution in [2.75, 3.05) is 19.6 Å². The number of amides is 2. The Kier molecular flexibility index (Phi) is 9.56. The van der Waals surface area contributed by atoms with Crippen LogP contribution in [-0.2, 0) is 5.60 Å². The highest BCUT2D eigenvalue weighted by molar-refractivity contribution is 5.75. The molecule has 1 saturated heterocycles. The molecule has 1 aliphatic heterocycles. The van der Waals surface area contributed by atoms with Gasteiger partial charge in [0, 0.05) is 12.6 Å². The van der Waals surface area contributed by atoms with Gasteiger partial charge in [-0.2, -0.15) is 0 Å². The maximum absolute atomic E-state index is 13.1. The lowest BCUT2D eigenvalue weighted by atomic mass is 9.81. The number of carbonyl (C=O) groups is 1. The van der Waals surface area contributed by atoms with Crippen LogP contribution < -0.4 is 10.6 Å². The fourth-order valence-electron chi connectivity index (χ4n) is 6.80. The average Bonchev–Trinajstić information content (AvgIpc) is 3.01. The van der Waals surface area contributed by atoms with Crippen LogP contribution in [-0.4, -0.2) is 47.8 Å². The molecular weight excluding hydrogens is 494 g/mol. The fraction of sp³-hybridized carbons (Fsp3) is 0.457. The number of hydrogen-bond donors (Lipinski definition) is 3. The first kappa shape index (κ1) is 28.4. The normalized spacial score (nSPS) is 22.8. The Labute approximate surface area is 240 Å². The van der Waals surface area contributed by atoms with E-state index in [-0.39, 0.29) is 12.1 Å². The second-order valence-electron chi connectivity index (χ2n) is 11.9. The van der Waals surface area contributed by atoms with Crippen molar-refractivity contribution in [3.05, 3.63) is 108 Å². The number of urea groups is 1. The largest absolute Gasteiger partial charge is 0.378 e. The van der Waals surface area contributed by atoms with Gasteiger partial charge in [0.1, 0.15) is 5.60 Å². The third-order valence-corrected chi connectivity index (χ3v) is 9.21. The van der Waals surface area contributed by atoms with E-state index in [1.807, 2.05) is 67.6 Å². The van der Waals surface area contributed by atoms with E-state index < -0.39 is 11.6 Å². The van der Waals surface area contributed by atoms with Gasteiger partial charge in [0.15, 0.2) is 0 Å². The van der Waals surface area contributed by atoms with Gasteiger partial charge in [-0.25, -0.2) is 4.79 Å². The zero-order valence-corrected chi connectivity index (χ0v) is 23.8. The van der Waals surface area contributed by atoms with Gasteiger partial charge in [0.25, 0.3) is 0 Å². The first-order valence-electron chi connectivity index (χ1n) is 15.2. The molecule has 1 heterocycles. The quantitative estimate of drug-likeness (QED) is 0.293. The molecular formula is C35H45N3O2. The Morgan fingerprint density at radius 2 is 1.45 bits per heavy atom. The topological polar surface area (TPSA) is 64.6 Å². The van der Waals surface area contributed by atoms with E-state index in [2.05, 4.69) is 45.9 Å². The zero-order valence-electron chi connectivity index (χ0n) is 23.8. The summed E-state index contributed by atoms with van der Waals surface area (Å²) in [5.41, 5.74) is 1.68. The standard InChI is InChI=1S/C35H45N3O2/c1-27(35(40,31-15-7-3-8-16-31)32-17-9-4-10-18-32)36-34(39)37-33-21-19-28(20-22-33)23-25-38-24-11-14-30(26-38)29-12-5-2-6-13-29/h2-10,12-13,15-18,27-28,30,33,40H,11,14,19-26H2,1H3,(H2,36,37,39)/t27-,28-,30?,33-/m0/s1. The molecule has 2 aliphatic rings. The molecule has 5 heteroatoms.